The molecule has 0 aliphatic carbocycles. The summed E-state index contributed by atoms with van der Waals surface area (Å²) in [6, 6.07) is 5.29. The number of rotatable bonds is 1. The van der Waals surface area contributed by atoms with Gasteiger partial charge in [0.25, 0.3) is 0 Å². The van der Waals surface area contributed by atoms with Crippen molar-refractivity contribution in [3.63, 3.8) is 0 Å². The van der Waals surface area contributed by atoms with Gasteiger partial charge < -0.3 is 9.80 Å². The van der Waals surface area contributed by atoms with Gasteiger partial charge in [-0.05, 0) is 18.2 Å². The second-order valence-electron chi connectivity index (χ2n) is 3.83. The molecule has 1 aliphatic rings. The molecule has 0 atom stereocenters. The summed E-state index contributed by atoms with van der Waals surface area (Å²) in [7, 11) is 1.80. The summed E-state index contributed by atoms with van der Waals surface area (Å²) in [6.07, 6.45) is 0. The molecule has 0 aromatic heterocycles. The fourth-order valence-electron chi connectivity index (χ4n) is 1.69. The lowest BCUT2D eigenvalue weighted by molar-refractivity contribution is -0.129. The first kappa shape index (κ1) is 11.6. The van der Waals surface area contributed by atoms with Gasteiger partial charge in [0.15, 0.2) is 0 Å². The molecule has 3 nitrogen and oxygen atoms in total. The van der Waals surface area contributed by atoms with E-state index in [0.717, 1.165) is 12.2 Å². The first-order valence-electron chi connectivity index (χ1n) is 5.02. The Labute approximate surface area is 105 Å². The molecule has 0 spiro atoms. The number of benzene rings is 1. The molecule has 0 N–H and O–H groups in total. The van der Waals surface area contributed by atoms with Crippen molar-refractivity contribution in [1.29, 1.82) is 0 Å². The van der Waals surface area contributed by atoms with Gasteiger partial charge in [-0.15, -0.1) is 0 Å². The van der Waals surface area contributed by atoms with Gasteiger partial charge >= 0.3 is 0 Å². The third-order valence-corrected chi connectivity index (χ3v) is 3.26. The van der Waals surface area contributed by atoms with Crippen LogP contribution >= 0.6 is 23.2 Å². The number of halogens is 2. The van der Waals surface area contributed by atoms with Gasteiger partial charge in [-0.25, -0.2) is 0 Å². The van der Waals surface area contributed by atoms with Crippen LogP contribution in [0.1, 0.15) is 0 Å². The SMILES string of the molecule is CN1CCN(c2cc(Cl)ccc2Cl)CC1=O. The maximum atomic E-state index is 11.6. The Morgan fingerprint density at radius 1 is 1.25 bits per heavy atom. The first-order chi connectivity index (χ1) is 7.58. The molecule has 0 bridgehead atoms. The average molecular weight is 259 g/mol. The molecule has 1 fully saturated rings. The molecule has 1 aromatic rings. The lowest BCUT2D eigenvalue weighted by Gasteiger charge is -2.34. The lowest BCUT2D eigenvalue weighted by atomic mass is 10.2. The van der Waals surface area contributed by atoms with Crippen LogP contribution in [0.4, 0.5) is 5.69 Å². The summed E-state index contributed by atoms with van der Waals surface area (Å²) >= 11 is 12.0. The van der Waals surface area contributed by atoms with Gasteiger partial charge in [-0.3, -0.25) is 4.79 Å². The summed E-state index contributed by atoms with van der Waals surface area (Å²) < 4.78 is 0. The molecule has 0 saturated carbocycles. The van der Waals surface area contributed by atoms with Crippen molar-refractivity contribution in [2.24, 2.45) is 0 Å². The van der Waals surface area contributed by atoms with Crippen LogP contribution in [0, 0.1) is 0 Å². The number of nitrogens with zero attached hydrogens (tertiary/aromatic N) is 2. The van der Waals surface area contributed by atoms with E-state index in [0.29, 0.717) is 23.1 Å². The van der Waals surface area contributed by atoms with Crippen molar-refractivity contribution >= 4 is 34.8 Å². The van der Waals surface area contributed by atoms with Crippen molar-refractivity contribution in [3.8, 4) is 0 Å². The number of piperazine rings is 1. The molecule has 5 heteroatoms. The molecule has 0 unspecified atom stereocenters. The first-order valence-corrected chi connectivity index (χ1v) is 5.77. The van der Waals surface area contributed by atoms with Crippen molar-refractivity contribution < 1.29 is 4.79 Å². The Morgan fingerprint density at radius 2 is 2.00 bits per heavy atom. The van der Waals surface area contributed by atoms with Gasteiger partial charge in [-0.1, -0.05) is 23.2 Å². The molecule has 86 valence electrons. The van der Waals surface area contributed by atoms with E-state index in [4.69, 9.17) is 23.2 Å². The van der Waals surface area contributed by atoms with Gasteiger partial charge in [0, 0.05) is 25.2 Å². The largest absolute Gasteiger partial charge is 0.359 e. The highest BCUT2D eigenvalue weighted by molar-refractivity contribution is 6.35. The number of hydrogen-bond acceptors (Lipinski definition) is 2. The van der Waals surface area contributed by atoms with Crippen LogP contribution in [-0.4, -0.2) is 37.5 Å². The lowest BCUT2D eigenvalue weighted by Crippen LogP contribution is -2.48. The number of carbonyl (C=O) groups is 1. The monoisotopic (exact) mass is 258 g/mol. The van der Waals surface area contributed by atoms with E-state index in [-0.39, 0.29) is 5.91 Å². The minimum Gasteiger partial charge on any atom is -0.359 e. The van der Waals surface area contributed by atoms with Gasteiger partial charge in [0.1, 0.15) is 0 Å². The van der Waals surface area contributed by atoms with Gasteiger partial charge in [-0.2, -0.15) is 0 Å². The zero-order valence-electron chi connectivity index (χ0n) is 8.91. The van der Waals surface area contributed by atoms with Crippen molar-refractivity contribution in [2.75, 3.05) is 31.6 Å². The zero-order valence-corrected chi connectivity index (χ0v) is 10.4. The molecule has 16 heavy (non-hydrogen) atoms. The third-order valence-electron chi connectivity index (χ3n) is 2.71. The highest BCUT2D eigenvalue weighted by Crippen LogP contribution is 2.29. The van der Waals surface area contributed by atoms with Crippen molar-refractivity contribution in [1.82, 2.24) is 4.90 Å². The third kappa shape index (κ3) is 2.25. The van der Waals surface area contributed by atoms with Crippen LogP contribution in [0.25, 0.3) is 0 Å². The smallest absolute Gasteiger partial charge is 0.241 e. The Kier molecular flexibility index (Phi) is 3.26. The molecule has 2 rings (SSSR count). The second kappa shape index (κ2) is 4.52. The van der Waals surface area contributed by atoms with E-state index >= 15 is 0 Å². The molecule has 1 heterocycles. The summed E-state index contributed by atoms with van der Waals surface area (Å²) in [5.74, 6) is 0.0993. The van der Waals surface area contributed by atoms with Crippen LogP contribution in [0.5, 0.6) is 0 Å². The Balaban J connectivity index is 2.24. The summed E-state index contributed by atoms with van der Waals surface area (Å²) in [4.78, 5) is 15.3. The molecular weight excluding hydrogens is 247 g/mol. The van der Waals surface area contributed by atoms with Crippen molar-refractivity contribution in [2.45, 2.75) is 0 Å². The minimum absolute atomic E-state index is 0.0993. The van der Waals surface area contributed by atoms with Crippen LogP contribution < -0.4 is 4.90 Å². The highest BCUT2D eigenvalue weighted by atomic mass is 35.5. The molecule has 1 amide bonds. The standard InChI is InChI=1S/C11H12Cl2N2O/c1-14-4-5-15(7-11(14)16)10-6-8(12)2-3-9(10)13/h2-3,6H,4-5,7H2,1H3. The number of amides is 1. The number of anilines is 1. The molecule has 1 aliphatic heterocycles. The van der Waals surface area contributed by atoms with Crippen LogP contribution in [0.15, 0.2) is 18.2 Å². The van der Waals surface area contributed by atoms with E-state index in [9.17, 15) is 4.79 Å². The number of likely N-dealkylation sites (N-methyl/N-ethyl adjacent to an activating group) is 1. The minimum atomic E-state index is 0.0993. The summed E-state index contributed by atoms with van der Waals surface area (Å²) in [6.45, 7) is 1.85. The number of carbonyl (C=O) groups excluding carboxylic acids is 1. The van der Waals surface area contributed by atoms with Crippen molar-refractivity contribution in [3.05, 3.63) is 28.2 Å². The van der Waals surface area contributed by atoms with Crippen LogP contribution in [0.2, 0.25) is 10.0 Å². The topological polar surface area (TPSA) is 23.6 Å². The fourth-order valence-corrected chi connectivity index (χ4v) is 2.10. The van der Waals surface area contributed by atoms with Crippen LogP contribution in [-0.2, 0) is 4.79 Å². The summed E-state index contributed by atoms with van der Waals surface area (Å²) in [5, 5.41) is 1.26. The normalized spacial score (nSPS) is 16.8. The van der Waals surface area contributed by atoms with E-state index in [1.165, 1.54) is 0 Å². The number of hydrogen-bond donors (Lipinski definition) is 0. The van der Waals surface area contributed by atoms with E-state index in [1.54, 1.807) is 30.1 Å². The second-order valence-corrected chi connectivity index (χ2v) is 4.68. The Hall–Kier alpha value is -0.930. The maximum absolute atomic E-state index is 11.6. The predicted octanol–water partition coefficient (Wildman–Crippen LogP) is 2.27. The molecule has 1 saturated heterocycles. The Bertz CT molecular complexity index is 422. The van der Waals surface area contributed by atoms with Gasteiger partial charge in [0.2, 0.25) is 5.91 Å². The molecular formula is C11H12Cl2N2O. The maximum Gasteiger partial charge on any atom is 0.241 e. The molecule has 1 aromatic carbocycles. The fraction of sp³-hybridized carbons (Fsp3) is 0.364. The highest BCUT2D eigenvalue weighted by Gasteiger charge is 2.22. The Morgan fingerprint density at radius 3 is 2.69 bits per heavy atom. The quantitative estimate of drug-likeness (QED) is 0.772. The molecule has 0 radical (unpaired) electrons. The average Bonchev–Trinajstić information content (AvgIpc) is 2.26. The summed E-state index contributed by atoms with van der Waals surface area (Å²) in [5.41, 5.74) is 0.829. The van der Waals surface area contributed by atoms with Gasteiger partial charge in [0.05, 0.1) is 17.3 Å². The van der Waals surface area contributed by atoms with E-state index in [2.05, 4.69) is 0 Å². The van der Waals surface area contributed by atoms with E-state index in [1.807, 2.05) is 4.90 Å². The predicted molar refractivity (Wildman–Crippen MR) is 66.3 cm³/mol. The van der Waals surface area contributed by atoms with E-state index < -0.39 is 0 Å². The van der Waals surface area contributed by atoms with Crippen LogP contribution in [0.3, 0.4) is 0 Å². The zero-order chi connectivity index (χ0) is 11.7.